The fourth-order valence-electron chi connectivity index (χ4n) is 3.43. The van der Waals surface area contributed by atoms with Gasteiger partial charge in [0.25, 0.3) is 0 Å². The Labute approximate surface area is 202 Å². The fourth-order valence-corrected chi connectivity index (χ4v) is 3.78. The number of esters is 2. The Morgan fingerprint density at radius 2 is 1.12 bits per heavy atom. The van der Waals surface area contributed by atoms with Gasteiger partial charge in [0.15, 0.2) is 0 Å². The number of aryl methyl sites for hydroxylation is 1. The Kier molecular flexibility index (Phi) is 8.61. The van der Waals surface area contributed by atoms with Crippen LogP contribution in [0.3, 0.4) is 0 Å². The number of hydrogen-bond acceptors (Lipinski definition) is 4. The molecule has 0 fully saturated rings. The van der Waals surface area contributed by atoms with Crippen molar-refractivity contribution in [1.29, 1.82) is 0 Å². The number of hydrogen-bond donors (Lipinski definition) is 0. The van der Waals surface area contributed by atoms with Crippen molar-refractivity contribution in [3.8, 4) is 0 Å². The summed E-state index contributed by atoms with van der Waals surface area (Å²) in [5.41, 5.74) is 3.65. The number of benzene rings is 4. The Morgan fingerprint density at radius 1 is 0.667 bits per heavy atom. The lowest BCUT2D eigenvalue weighted by Gasteiger charge is -2.04. The van der Waals surface area contributed by atoms with Crippen LogP contribution in [-0.4, -0.2) is 25.2 Å². The first-order valence-corrected chi connectivity index (χ1v) is 12.0. The summed E-state index contributed by atoms with van der Waals surface area (Å²) in [6, 6.07) is 23.6. The fraction of sp³-hybridized carbons (Fsp3) is 0.214. The lowest BCUT2D eigenvalue weighted by molar-refractivity contribution is 0.0517. The maximum Gasteiger partial charge on any atom is 0.338 e. The van der Waals surface area contributed by atoms with E-state index in [1.54, 1.807) is 19.1 Å². The van der Waals surface area contributed by atoms with Crippen LogP contribution in [0.4, 0.5) is 0 Å². The highest BCUT2D eigenvalue weighted by Crippen LogP contribution is 2.20. The minimum atomic E-state index is -0.265. The van der Waals surface area contributed by atoms with Gasteiger partial charge < -0.3 is 9.47 Å². The van der Waals surface area contributed by atoms with E-state index in [9.17, 15) is 9.59 Å². The number of carbonyl (C=O) groups excluding carboxylic acids is 2. The van der Waals surface area contributed by atoms with Crippen LogP contribution in [0, 0.1) is 6.92 Å². The zero-order valence-corrected chi connectivity index (χ0v) is 20.6. The van der Waals surface area contributed by atoms with Crippen LogP contribution in [0.1, 0.15) is 45.7 Å². The third-order valence-corrected chi connectivity index (χ3v) is 5.72. The molecule has 0 spiro atoms. The number of alkyl halides is 1. The van der Waals surface area contributed by atoms with Gasteiger partial charge in [0, 0.05) is 5.33 Å². The number of ether oxygens (including phenoxy) is 2. The lowest BCUT2D eigenvalue weighted by Crippen LogP contribution is -2.04. The highest BCUT2D eigenvalue weighted by atomic mass is 79.9. The Balaban J connectivity index is 0.000000186. The molecule has 0 aliphatic rings. The molecule has 0 heterocycles. The maximum absolute atomic E-state index is 11.6. The molecule has 33 heavy (non-hydrogen) atoms. The summed E-state index contributed by atoms with van der Waals surface area (Å²) >= 11 is 3.43. The highest BCUT2D eigenvalue weighted by molar-refractivity contribution is 9.08. The normalized spacial score (nSPS) is 10.4. The second-order valence-corrected chi connectivity index (χ2v) is 8.10. The molecular formula is C28H27BrO4. The topological polar surface area (TPSA) is 52.6 Å². The average Bonchev–Trinajstić information content (AvgIpc) is 2.83. The molecule has 0 bridgehead atoms. The molecule has 0 aliphatic carbocycles. The molecule has 0 saturated carbocycles. The number of fused-ring (bicyclic) bond motifs is 2. The number of carbonyl (C=O) groups is 2. The minimum absolute atomic E-state index is 0.259. The predicted octanol–water partition coefficient (Wildman–Crippen LogP) is 7.24. The van der Waals surface area contributed by atoms with Crippen molar-refractivity contribution in [3.63, 3.8) is 0 Å². The Bertz CT molecular complexity index is 1280. The van der Waals surface area contributed by atoms with Gasteiger partial charge in [-0.15, -0.1) is 0 Å². The van der Waals surface area contributed by atoms with Crippen LogP contribution in [0.5, 0.6) is 0 Å². The van der Waals surface area contributed by atoms with Gasteiger partial charge in [0.05, 0.1) is 24.3 Å². The predicted molar refractivity (Wildman–Crippen MR) is 137 cm³/mol. The molecule has 0 radical (unpaired) electrons. The van der Waals surface area contributed by atoms with Crippen molar-refractivity contribution in [2.45, 2.75) is 26.1 Å². The van der Waals surface area contributed by atoms with E-state index in [2.05, 4.69) is 35.0 Å². The molecule has 0 atom stereocenters. The zero-order chi connectivity index (χ0) is 23.8. The van der Waals surface area contributed by atoms with E-state index >= 15 is 0 Å². The highest BCUT2D eigenvalue weighted by Gasteiger charge is 2.07. The standard InChI is InChI=1S/C14H13BrO2.C14H14O2/c1-2-17-14(16)13-6-5-11-7-10(9-15)3-4-12(11)8-13;1-3-16-14(15)13-7-6-11-8-10(2)4-5-12(11)9-13/h3-8H,2,9H2,1H3;4-9H,3H2,1-2H3. The summed E-state index contributed by atoms with van der Waals surface area (Å²) in [6.45, 7) is 6.48. The molecule has 170 valence electrons. The van der Waals surface area contributed by atoms with Crippen LogP contribution in [-0.2, 0) is 14.8 Å². The number of rotatable bonds is 5. The summed E-state index contributed by atoms with van der Waals surface area (Å²) in [7, 11) is 0. The molecule has 0 amide bonds. The smallest absolute Gasteiger partial charge is 0.338 e. The molecule has 4 nitrogen and oxygen atoms in total. The molecule has 0 aromatic heterocycles. The van der Waals surface area contributed by atoms with E-state index < -0.39 is 0 Å². The van der Waals surface area contributed by atoms with E-state index in [0.29, 0.717) is 24.3 Å². The third-order valence-electron chi connectivity index (χ3n) is 5.08. The molecule has 0 N–H and O–H groups in total. The van der Waals surface area contributed by atoms with E-state index in [0.717, 1.165) is 26.9 Å². The Hall–Kier alpha value is -3.18. The van der Waals surface area contributed by atoms with Crippen LogP contribution in [0.25, 0.3) is 21.5 Å². The van der Waals surface area contributed by atoms with Crippen molar-refractivity contribution in [1.82, 2.24) is 0 Å². The molecular weight excluding hydrogens is 480 g/mol. The Morgan fingerprint density at radius 3 is 1.64 bits per heavy atom. The van der Waals surface area contributed by atoms with Gasteiger partial charge in [-0.2, -0.15) is 0 Å². The van der Waals surface area contributed by atoms with E-state index in [-0.39, 0.29) is 11.9 Å². The summed E-state index contributed by atoms with van der Waals surface area (Å²) < 4.78 is 9.94. The average molecular weight is 507 g/mol. The largest absolute Gasteiger partial charge is 0.462 e. The van der Waals surface area contributed by atoms with Gasteiger partial charge in [0.2, 0.25) is 0 Å². The van der Waals surface area contributed by atoms with Crippen LogP contribution in [0.15, 0.2) is 72.8 Å². The maximum atomic E-state index is 11.6. The van der Waals surface area contributed by atoms with Gasteiger partial charge in [0.1, 0.15) is 0 Å². The van der Waals surface area contributed by atoms with Gasteiger partial charge in [-0.3, -0.25) is 0 Å². The summed E-state index contributed by atoms with van der Waals surface area (Å²) in [5, 5.41) is 5.24. The monoisotopic (exact) mass is 506 g/mol. The van der Waals surface area contributed by atoms with Crippen LogP contribution >= 0.6 is 15.9 Å². The summed E-state index contributed by atoms with van der Waals surface area (Å²) in [4.78, 5) is 23.1. The van der Waals surface area contributed by atoms with Crippen LogP contribution < -0.4 is 0 Å². The van der Waals surface area contributed by atoms with E-state index in [1.165, 1.54) is 11.1 Å². The van der Waals surface area contributed by atoms with Crippen molar-refractivity contribution in [2.75, 3.05) is 13.2 Å². The summed E-state index contributed by atoms with van der Waals surface area (Å²) in [5.74, 6) is -0.524. The van der Waals surface area contributed by atoms with Gasteiger partial charge in [-0.1, -0.05) is 70.0 Å². The molecule has 0 saturated heterocycles. The second-order valence-electron chi connectivity index (χ2n) is 7.54. The lowest BCUT2D eigenvalue weighted by atomic mass is 10.0. The third kappa shape index (κ3) is 6.42. The van der Waals surface area contributed by atoms with Crippen molar-refractivity contribution in [2.24, 2.45) is 0 Å². The molecule has 0 unspecified atom stereocenters. The molecule has 5 heteroatoms. The zero-order valence-electron chi connectivity index (χ0n) is 19.1. The first kappa shape index (κ1) is 24.5. The van der Waals surface area contributed by atoms with Gasteiger partial charge in [-0.05, 0) is 72.1 Å². The van der Waals surface area contributed by atoms with Crippen LogP contribution in [0.2, 0.25) is 0 Å². The quantitative estimate of drug-likeness (QED) is 0.211. The molecule has 4 rings (SSSR count). The molecule has 4 aromatic carbocycles. The van der Waals surface area contributed by atoms with Crippen molar-refractivity contribution in [3.05, 3.63) is 95.1 Å². The SMILES string of the molecule is CCOC(=O)c1ccc2cc(C)ccc2c1.CCOC(=O)c1ccc2cc(CBr)ccc2c1. The first-order valence-electron chi connectivity index (χ1n) is 10.9. The van der Waals surface area contributed by atoms with E-state index in [1.807, 2.05) is 55.5 Å². The molecule has 4 aromatic rings. The van der Waals surface area contributed by atoms with Gasteiger partial charge in [-0.25, -0.2) is 9.59 Å². The van der Waals surface area contributed by atoms with Crippen molar-refractivity contribution < 1.29 is 19.1 Å². The van der Waals surface area contributed by atoms with Gasteiger partial charge >= 0.3 is 11.9 Å². The van der Waals surface area contributed by atoms with Crippen molar-refractivity contribution >= 4 is 49.4 Å². The minimum Gasteiger partial charge on any atom is -0.462 e. The van der Waals surface area contributed by atoms with E-state index in [4.69, 9.17) is 9.47 Å². The number of halogens is 1. The first-order chi connectivity index (χ1) is 15.9. The second kappa shape index (κ2) is 11.6. The molecule has 0 aliphatic heterocycles. The summed E-state index contributed by atoms with van der Waals surface area (Å²) in [6.07, 6.45) is 0.